The minimum Gasteiger partial charge on any atom is -0.309 e. The number of benzene rings is 8. The molecule has 0 aliphatic rings. The van der Waals surface area contributed by atoms with E-state index >= 15 is 0 Å². The first kappa shape index (κ1) is 30.3. The van der Waals surface area contributed by atoms with E-state index in [2.05, 4.69) is 179 Å². The second-order valence-corrected chi connectivity index (χ2v) is 13.9. The Hall–Kier alpha value is -7.30. The van der Waals surface area contributed by atoms with Crippen LogP contribution in [0, 0.1) is 0 Å². The second-order valence-electron chi connectivity index (χ2n) is 13.9. The summed E-state index contributed by atoms with van der Waals surface area (Å²) >= 11 is 0. The van der Waals surface area contributed by atoms with Gasteiger partial charge in [-0.05, 0) is 65.4 Å². The van der Waals surface area contributed by atoms with Gasteiger partial charge < -0.3 is 9.13 Å². The Kier molecular flexibility index (Phi) is 6.82. The molecule has 11 aromatic rings. The van der Waals surface area contributed by atoms with Gasteiger partial charge >= 0.3 is 0 Å². The first-order valence-corrected chi connectivity index (χ1v) is 18.3. The SMILES string of the molecule is c1ccc(-c2cc(-c3cccc(-n4c5ccccc5c5cc6c7ccccc7n(-c7ccc8ccccc8c7)c6cc54)c3)nc(-c3ccccc3)n2)cc1. The molecule has 252 valence electrons. The molecule has 0 N–H and O–H groups in total. The molecular formula is C50H32N4. The molecule has 4 heteroatoms. The maximum absolute atomic E-state index is 5.15. The predicted molar refractivity (Wildman–Crippen MR) is 225 cm³/mol. The molecule has 3 heterocycles. The number of aromatic nitrogens is 4. The Morgan fingerprint density at radius 2 is 0.833 bits per heavy atom. The number of para-hydroxylation sites is 2. The quantitative estimate of drug-likeness (QED) is 0.180. The molecule has 0 saturated carbocycles. The molecule has 0 saturated heterocycles. The zero-order chi connectivity index (χ0) is 35.6. The summed E-state index contributed by atoms with van der Waals surface area (Å²) in [5.74, 6) is 0.707. The standard InChI is InChI=1S/C50H32N4/c1-3-15-34(16-4-1)44-31-45(52-50(51-44)35-17-5-2-6-18-35)37-20-13-21-38(29-37)53-46-24-11-9-22-40(46)42-30-43-41-23-10-12-25-47(41)54(49(43)32-48(42)53)39-27-26-33-14-7-8-19-36(33)28-39/h1-32H. The van der Waals surface area contributed by atoms with Gasteiger partial charge in [-0.15, -0.1) is 0 Å². The van der Waals surface area contributed by atoms with E-state index in [0.717, 1.165) is 50.5 Å². The summed E-state index contributed by atoms with van der Waals surface area (Å²) in [6.07, 6.45) is 0. The summed E-state index contributed by atoms with van der Waals surface area (Å²) in [7, 11) is 0. The minimum atomic E-state index is 0.707. The van der Waals surface area contributed by atoms with Crippen LogP contribution in [0.25, 0.3) is 99.7 Å². The summed E-state index contributed by atoms with van der Waals surface area (Å²) in [5, 5.41) is 7.40. The topological polar surface area (TPSA) is 35.6 Å². The van der Waals surface area contributed by atoms with Crippen molar-refractivity contribution < 1.29 is 0 Å². The van der Waals surface area contributed by atoms with Gasteiger partial charge in [0.25, 0.3) is 0 Å². The van der Waals surface area contributed by atoms with Gasteiger partial charge in [0.2, 0.25) is 0 Å². The van der Waals surface area contributed by atoms with Gasteiger partial charge in [-0.25, -0.2) is 9.97 Å². The average Bonchev–Trinajstić information content (AvgIpc) is 3.75. The maximum Gasteiger partial charge on any atom is 0.160 e. The third-order valence-corrected chi connectivity index (χ3v) is 10.7. The molecule has 4 nitrogen and oxygen atoms in total. The normalized spacial score (nSPS) is 11.7. The second kappa shape index (κ2) is 12.1. The fourth-order valence-electron chi connectivity index (χ4n) is 8.18. The molecule has 8 aromatic carbocycles. The van der Waals surface area contributed by atoms with E-state index < -0.39 is 0 Å². The van der Waals surface area contributed by atoms with E-state index in [1.165, 1.54) is 43.4 Å². The van der Waals surface area contributed by atoms with Crippen molar-refractivity contribution in [2.24, 2.45) is 0 Å². The van der Waals surface area contributed by atoms with Crippen molar-refractivity contribution in [3.63, 3.8) is 0 Å². The first-order chi connectivity index (χ1) is 26.8. The van der Waals surface area contributed by atoms with Gasteiger partial charge in [-0.3, -0.25) is 0 Å². The van der Waals surface area contributed by atoms with Crippen LogP contribution in [-0.4, -0.2) is 19.1 Å². The molecule has 0 fully saturated rings. The smallest absolute Gasteiger partial charge is 0.160 e. The van der Waals surface area contributed by atoms with Gasteiger partial charge in [0.1, 0.15) is 0 Å². The van der Waals surface area contributed by atoms with Crippen molar-refractivity contribution in [1.29, 1.82) is 0 Å². The highest BCUT2D eigenvalue weighted by Gasteiger charge is 2.19. The molecule has 0 atom stereocenters. The average molecular weight is 689 g/mol. The molecule has 0 aliphatic carbocycles. The Balaban J connectivity index is 1.15. The third kappa shape index (κ3) is 4.85. The zero-order valence-electron chi connectivity index (χ0n) is 29.3. The molecule has 0 amide bonds. The van der Waals surface area contributed by atoms with Gasteiger partial charge in [0.05, 0.1) is 33.5 Å². The number of hydrogen-bond donors (Lipinski definition) is 0. The Labute approximate surface area is 311 Å². The lowest BCUT2D eigenvalue weighted by Gasteiger charge is -2.13. The van der Waals surface area contributed by atoms with E-state index in [0.29, 0.717) is 5.82 Å². The van der Waals surface area contributed by atoms with E-state index in [1.54, 1.807) is 0 Å². The van der Waals surface area contributed by atoms with Crippen molar-refractivity contribution in [2.45, 2.75) is 0 Å². The lowest BCUT2D eigenvalue weighted by atomic mass is 10.1. The van der Waals surface area contributed by atoms with Crippen LogP contribution in [0.2, 0.25) is 0 Å². The lowest BCUT2D eigenvalue weighted by Crippen LogP contribution is -1.98. The molecule has 11 rings (SSSR count). The largest absolute Gasteiger partial charge is 0.309 e. The fraction of sp³-hybridized carbons (Fsp3) is 0. The van der Waals surface area contributed by atoms with Crippen LogP contribution in [0.4, 0.5) is 0 Å². The van der Waals surface area contributed by atoms with Crippen molar-refractivity contribution in [3.05, 3.63) is 194 Å². The molecule has 3 aromatic heterocycles. The number of fused-ring (bicyclic) bond motifs is 7. The number of nitrogens with zero attached hydrogens (tertiary/aromatic N) is 4. The maximum atomic E-state index is 5.15. The summed E-state index contributed by atoms with van der Waals surface area (Å²) in [5.41, 5.74) is 11.8. The van der Waals surface area contributed by atoms with Gasteiger partial charge in [-0.2, -0.15) is 0 Å². The van der Waals surface area contributed by atoms with Gasteiger partial charge in [0.15, 0.2) is 5.82 Å². The highest BCUT2D eigenvalue weighted by molar-refractivity contribution is 6.19. The fourth-order valence-corrected chi connectivity index (χ4v) is 8.18. The van der Waals surface area contributed by atoms with Crippen LogP contribution in [-0.2, 0) is 0 Å². The predicted octanol–water partition coefficient (Wildman–Crippen LogP) is 12.8. The van der Waals surface area contributed by atoms with Crippen LogP contribution in [0.15, 0.2) is 194 Å². The zero-order valence-corrected chi connectivity index (χ0v) is 29.3. The van der Waals surface area contributed by atoms with Crippen LogP contribution in [0.1, 0.15) is 0 Å². The highest BCUT2D eigenvalue weighted by atomic mass is 15.0. The summed E-state index contributed by atoms with van der Waals surface area (Å²) < 4.78 is 4.83. The Morgan fingerprint density at radius 3 is 1.52 bits per heavy atom. The summed E-state index contributed by atoms with van der Waals surface area (Å²) in [6, 6.07) is 69.1. The van der Waals surface area contributed by atoms with Gasteiger partial charge in [0, 0.05) is 49.6 Å². The van der Waals surface area contributed by atoms with Crippen LogP contribution >= 0.6 is 0 Å². The van der Waals surface area contributed by atoms with Crippen LogP contribution in [0.3, 0.4) is 0 Å². The monoisotopic (exact) mass is 688 g/mol. The van der Waals surface area contributed by atoms with E-state index in [4.69, 9.17) is 9.97 Å². The summed E-state index contributed by atoms with van der Waals surface area (Å²) in [4.78, 5) is 10.2. The van der Waals surface area contributed by atoms with Gasteiger partial charge in [-0.1, -0.05) is 140 Å². The highest BCUT2D eigenvalue weighted by Crippen LogP contribution is 2.40. The van der Waals surface area contributed by atoms with Crippen molar-refractivity contribution in [2.75, 3.05) is 0 Å². The molecule has 54 heavy (non-hydrogen) atoms. The third-order valence-electron chi connectivity index (χ3n) is 10.7. The molecule has 0 aliphatic heterocycles. The molecule has 0 spiro atoms. The van der Waals surface area contributed by atoms with Crippen molar-refractivity contribution >= 4 is 54.4 Å². The minimum absolute atomic E-state index is 0.707. The van der Waals surface area contributed by atoms with Crippen molar-refractivity contribution in [3.8, 4) is 45.3 Å². The van der Waals surface area contributed by atoms with Crippen LogP contribution < -0.4 is 0 Å². The lowest BCUT2D eigenvalue weighted by molar-refractivity contribution is 1.16. The first-order valence-electron chi connectivity index (χ1n) is 18.3. The Bertz CT molecular complexity index is 3150. The van der Waals surface area contributed by atoms with E-state index in [9.17, 15) is 0 Å². The van der Waals surface area contributed by atoms with E-state index in [1.807, 2.05) is 24.3 Å². The number of rotatable bonds is 5. The van der Waals surface area contributed by atoms with Crippen LogP contribution in [0.5, 0.6) is 0 Å². The molecule has 0 bridgehead atoms. The van der Waals surface area contributed by atoms with E-state index in [-0.39, 0.29) is 0 Å². The summed E-state index contributed by atoms with van der Waals surface area (Å²) in [6.45, 7) is 0. The van der Waals surface area contributed by atoms with Crippen molar-refractivity contribution in [1.82, 2.24) is 19.1 Å². The molecule has 0 radical (unpaired) electrons. The molecular weight excluding hydrogens is 657 g/mol. The Morgan fingerprint density at radius 1 is 0.296 bits per heavy atom. The molecule has 0 unspecified atom stereocenters. The number of hydrogen-bond acceptors (Lipinski definition) is 2.